The second kappa shape index (κ2) is 5.91. The molecule has 1 heterocycles. The minimum atomic E-state index is -0.802. The van der Waals surface area contributed by atoms with Gasteiger partial charge in [0.1, 0.15) is 0 Å². The van der Waals surface area contributed by atoms with Crippen LogP contribution in [0.4, 0.5) is 4.79 Å². The molecule has 1 aliphatic carbocycles. The number of likely N-dealkylation sites (tertiary alicyclic amines) is 1. The second-order valence-electron chi connectivity index (χ2n) is 5.84. The normalized spacial score (nSPS) is 22.2. The van der Waals surface area contributed by atoms with Gasteiger partial charge < -0.3 is 14.4 Å². The highest BCUT2D eigenvalue weighted by Crippen LogP contribution is 2.27. The van der Waals surface area contributed by atoms with E-state index >= 15 is 0 Å². The Balaban J connectivity index is 1.80. The van der Waals surface area contributed by atoms with E-state index in [1.807, 2.05) is 13.8 Å². The van der Waals surface area contributed by atoms with Gasteiger partial charge in [0.25, 0.3) is 0 Å². The van der Waals surface area contributed by atoms with Gasteiger partial charge in [-0.3, -0.25) is 0 Å². The number of carbonyl (C=O) groups is 1. The first-order chi connectivity index (χ1) is 8.57. The summed E-state index contributed by atoms with van der Waals surface area (Å²) in [6.07, 6.45) is 8.03. The summed E-state index contributed by atoms with van der Waals surface area (Å²) in [5, 5.41) is 0. The van der Waals surface area contributed by atoms with Crippen molar-refractivity contribution < 1.29 is 14.3 Å². The first kappa shape index (κ1) is 13.7. The summed E-state index contributed by atoms with van der Waals surface area (Å²) >= 11 is 0. The largest absolute Gasteiger partial charge is 0.417 e. The summed E-state index contributed by atoms with van der Waals surface area (Å²) in [4.78, 5) is 13.8. The Morgan fingerprint density at radius 1 is 1.06 bits per heavy atom. The van der Waals surface area contributed by atoms with Crippen LogP contribution in [0, 0.1) is 0 Å². The van der Waals surface area contributed by atoms with Crippen molar-refractivity contribution in [3.63, 3.8) is 0 Å². The van der Waals surface area contributed by atoms with Crippen LogP contribution in [0.2, 0.25) is 0 Å². The highest BCUT2D eigenvalue weighted by Gasteiger charge is 2.31. The molecule has 0 bridgehead atoms. The Bertz CT molecular complexity index is 279. The van der Waals surface area contributed by atoms with Crippen LogP contribution in [0.25, 0.3) is 0 Å². The van der Waals surface area contributed by atoms with Crippen molar-refractivity contribution in [1.82, 2.24) is 4.90 Å². The first-order valence-electron chi connectivity index (χ1n) is 7.22. The molecule has 0 N–H and O–H groups in total. The van der Waals surface area contributed by atoms with Gasteiger partial charge in [0.15, 0.2) is 0 Å². The van der Waals surface area contributed by atoms with Crippen LogP contribution < -0.4 is 0 Å². The molecule has 2 rings (SSSR count). The van der Waals surface area contributed by atoms with E-state index in [1.54, 1.807) is 4.90 Å². The Labute approximate surface area is 110 Å². The van der Waals surface area contributed by atoms with Crippen LogP contribution in [0.5, 0.6) is 0 Å². The molecule has 0 aromatic carbocycles. The molecule has 0 spiro atoms. The molecule has 2 fully saturated rings. The number of nitrogens with zero attached hydrogens (tertiary/aromatic N) is 1. The molecule has 1 saturated carbocycles. The van der Waals surface area contributed by atoms with Crippen molar-refractivity contribution >= 4 is 6.09 Å². The van der Waals surface area contributed by atoms with Crippen LogP contribution in [0.3, 0.4) is 0 Å². The summed E-state index contributed by atoms with van der Waals surface area (Å²) in [5.74, 6) is -0.802. The van der Waals surface area contributed by atoms with E-state index in [1.165, 1.54) is 19.3 Å². The fourth-order valence-electron chi connectivity index (χ4n) is 2.78. The molecule has 2 aliphatic rings. The third-order valence-corrected chi connectivity index (χ3v) is 3.70. The first-order valence-corrected chi connectivity index (χ1v) is 7.22. The third-order valence-electron chi connectivity index (χ3n) is 3.70. The highest BCUT2D eigenvalue weighted by atomic mass is 16.7. The predicted molar refractivity (Wildman–Crippen MR) is 69.3 cm³/mol. The molecule has 0 atom stereocenters. The number of hydrogen-bond donors (Lipinski definition) is 0. The average molecular weight is 255 g/mol. The van der Waals surface area contributed by atoms with E-state index in [2.05, 4.69) is 0 Å². The Kier molecular flexibility index (Phi) is 4.49. The van der Waals surface area contributed by atoms with E-state index in [0.29, 0.717) is 0 Å². The minimum absolute atomic E-state index is 0.224. The number of piperidine rings is 1. The quantitative estimate of drug-likeness (QED) is 0.726. The zero-order valence-electron chi connectivity index (χ0n) is 11.6. The molecule has 104 valence electrons. The van der Waals surface area contributed by atoms with Crippen molar-refractivity contribution in [3.05, 3.63) is 0 Å². The molecule has 0 aromatic heterocycles. The summed E-state index contributed by atoms with van der Waals surface area (Å²) in [6, 6.07) is 0. The fourth-order valence-corrected chi connectivity index (χ4v) is 2.78. The van der Waals surface area contributed by atoms with Gasteiger partial charge in [-0.1, -0.05) is 12.8 Å². The van der Waals surface area contributed by atoms with Gasteiger partial charge in [-0.2, -0.15) is 0 Å². The van der Waals surface area contributed by atoms with Gasteiger partial charge in [0.05, 0.1) is 6.10 Å². The number of carbonyl (C=O) groups excluding carboxylic acids is 1. The average Bonchev–Trinajstić information content (AvgIpc) is 2.81. The maximum atomic E-state index is 12.0. The Hall–Kier alpha value is -0.770. The molecular weight excluding hydrogens is 230 g/mol. The lowest BCUT2D eigenvalue weighted by molar-refractivity contribution is -0.207. The lowest BCUT2D eigenvalue weighted by atomic mass is 10.1. The van der Waals surface area contributed by atoms with E-state index in [0.717, 1.165) is 38.8 Å². The second-order valence-corrected chi connectivity index (χ2v) is 5.84. The molecule has 1 saturated heterocycles. The monoisotopic (exact) mass is 255 g/mol. The molecule has 0 aromatic rings. The Morgan fingerprint density at radius 2 is 1.67 bits per heavy atom. The highest BCUT2D eigenvalue weighted by molar-refractivity contribution is 5.68. The van der Waals surface area contributed by atoms with Gasteiger partial charge >= 0.3 is 6.09 Å². The van der Waals surface area contributed by atoms with E-state index in [9.17, 15) is 4.79 Å². The fraction of sp³-hybridized carbons (Fsp3) is 0.929. The summed E-state index contributed by atoms with van der Waals surface area (Å²) in [7, 11) is 0. The Morgan fingerprint density at radius 3 is 2.28 bits per heavy atom. The van der Waals surface area contributed by atoms with Gasteiger partial charge in [-0.15, -0.1) is 0 Å². The van der Waals surface area contributed by atoms with Crippen molar-refractivity contribution in [2.75, 3.05) is 13.1 Å². The zero-order valence-corrected chi connectivity index (χ0v) is 11.6. The number of hydrogen-bond acceptors (Lipinski definition) is 3. The lowest BCUT2D eigenvalue weighted by Crippen LogP contribution is -2.43. The SMILES string of the molecule is CC(C)(OC(=O)N1CCCCC1)OC1CCCC1. The van der Waals surface area contributed by atoms with E-state index < -0.39 is 5.79 Å². The van der Waals surface area contributed by atoms with Crippen molar-refractivity contribution in [1.29, 1.82) is 0 Å². The molecular formula is C14H25NO3. The molecule has 4 nitrogen and oxygen atoms in total. The van der Waals surface area contributed by atoms with Gasteiger partial charge in [0.2, 0.25) is 5.79 Å². The van der Waals surface area contributed by atoms with E-state index in [4.69, 9.17) is 9.47 Å². The molecule has 18 heavy (non-hydrogen) atoms. The number of ether oxygens (including phenoxy) is 2. The van der Waals surface area contributed by atoms with Crippen molar-refractivity contribution in [3.8, 4) is 0 Å². The molecule has 0 radical (unpaired) electrons. The summed E-state index contributed by atoms with van der Waals surface area (Å²) < 4.78 is 11.4. The molecule has 1 aliphatic heterocycles. The van der Waals surface area contributed by atoms with Crippen LogP contribution in [-0.2, 0) is 9.47 Å². The number of rotatable bonds is 3. The van der Waals surface area contributed by atoms with Gasteiger partial charge in [-0.25, -0.2) is 4.79 Å². The molecule has 1 amide bonds. The zero-order chi connectivity index (χ0) is 13.0. The van der Waals surface area contributed by atoms with Gasteiger partial charge in [0, 0.05) is 26.9 Å². The summed E-state index contributed by atoms with van der Waals surface area (Å²) in [6.45, 7) is 5.32. The summed E-state index contributed by atoms with van der Waals surface area (Å²) in [5.41, 5.74) is 0. The molecule has 0 unspecified atom stereocenters. The van der Waals surface area contributed by atoms with Crippen molar-refractivity contribution in [2.24, 2.45) is 0 Å². The lowest BCUT2D eigenvalue weighted by Gasteiger charge is -2.33. The van der Waals surface area contributed by atoms with Crippen molar-refractivity contribution in [2.45, 2.75) is 70.7 Å². The van der Waals surface area contributed by atoms with Crippen LogP contribution >= 0.6 is 0 Å². The predicted octanol–water partition coefficient (Wildman–Crippen LogP) is 3.30. The smallest absolute Gasteiger partial charge is 0.412 e. The van der Waals surface area contributed by atoms with Crippen LogP contribution in [0.1, 0.15) is 58.8 Å². The van der Waals surface area contributed by atoms with Crippen LogP contribution in [0.15, 0.2) is 0 Å². The van der Waals surface area contributed by atoms with E-state index in [-0.39, 0.29) is 12.2 Å². The molecule has 4 heteroatoms. The minimum Gasteiger partial charge on any atom is -0.417 e. The maximum Gasteiger partial charge on any atom is 0.412 e. The number of amides is 1. The van der Waals surface area contributed by atoms with Crippen LogP contribution in [-0.4, -0.2) is 36.0 Å². The topological polar surface area (TPSA) is 38.8 Å². The van der Waals surface area contributed by atoms with Gasteiger partial charge in [-0.05, 0) is 32.1 Å². The maximum absolute atomic E-state index is 12.0. The third kappa shape index (κ3) is 3.87. The standard InChI is InChI=1S/C14H25NO3/c1-14(2,17-12-8-4-5-9-12)18-13(16)15-10-6-3-7-11-15/h12H,3-11H2,1-2H3.